The van der Waals surface area contributed by atoms with Crippen molar-refractivity contribution in [3.05, 3.63) is 72.8 Å². The first-order chi connectivity index (χ1) is 15.5. The monoisotopic (exact) mass is 462 g/mol. The number of carbonyl (C=O) groups is 1. The van der Waals surface area contributed by atoms with Gasteiger partial charge in [0.1, 0.15) is 6.29 Å². The smallest absolute Gasteiger partial charge is 0.258 e. The Morgan fingerprint density at radius 2 is 1.55 bits per heavy atom. The molecule has 0 aromatic heterocycles. The topological polar surface area (TPSA) is 37.3 Å². The lowest BCUT2D eigenvalue weighted by atomic mass is 9.59. The molecule has 0 amide bonds. The summed E-state index contributed by atoms with van der Waals surface area (Å²) in [6.45, 7) is 14.0. The van der Waals surface area contributed by atoms with E-state index in [1.807, 2.05) is 36.4 Å². The van der Waals surface area contributed by atoms with Crippen LogP contribution >= 0.6 is 0 Å². The number of allylic oxidation sites excluding steroid dienone is 2. The minimum atomic E-state index is -2.97. The molecule has 0 saturated heterocycles. The molecule has 0 spiro atoms. The lowest BCUT2D eigenvalue weighted by Gasteiger charge is -2.47. The highest BCUT2D eigenvalue weighted by molar-refractivity contribution is 6.98. The molecule has 2 aromatic rings. The van der Waals surface area contributed by atoms with Crippen molar-refractivity contribution in [3.63, 3.8) is 0 Å². The van der Waals surface area contributed by atoms with Crippen LogP contribution in [-0.2, 0) is 4.79 Å². The van der Waals surface area contributed by atoms with Gasteiger partial charge in [0.25, 0.3) is 8.32 Å². The summed E-state index contributed by atoms with van der Waals surface area (Å²) in [5, 5.41) is 1.96. The van der Waals surface area contributed by atoms with E-state index in [9.17, 15) is 9.59 Å². The summed E-state index contributed by atoms with van der Waals surface area (Å²) in [6, 6.07) is 20.7. The minimum absolute atomic E-state index is 0.161. The molecule has 0 unspecified atom stereocenters. The molecule has 0 heterocycles. The van der Waals surface area contributed by atoms with Crippen molar-refractivity contribution < 1.29 is 9.59 Å². The molecule has 1 fully saturated rings. The maximum atomic E-state index is 12.5. The Balaban J connectivity index is 1.87. The van der Waals surface area contributed by atoms with Crippen molar-refractivity contribution in [1.29, 1.82) is 0 Å². The second kappa shape index (κ2) is 9.72. The van der Waals surface area contributed by atoms with Crippen LogP contribution in [0, 0.1) is 22.7 Å². The molecule has 33 heavy (non-hydrogen) atoms. The van der Waals surface area contributed by atoms with Crippen LogP contribution in [0.1, 0.15) is 67.2 Å². The molecule has 2 aromatic carbocycles. The predicted molar refractivity (Wildman–Crippen MR) is 142 cm³/mol. The van der Waals surface area contributed by atoms with Gasteiger partial charge in [-0.3, -0.25) is 4.79 Å². The van der Waals surface area contributed by atoms with E-state index in [2.05, 4.69) is 71.9 Å². The zero-order valence-electron chi connectivity index (χ0n) is 21.3. The Hall–Kier alpha value is -1.97. The van der Waals surface area contributed by atoms with E-state index in [-0.39, 0.29) is 15.9 Å². The first-order valence-corrected chi connectivity index (χ1v) is 14.4. The van der Waals surface area contributed by atoms with Crippen LogP contribution in [0.4, 0.5) is 0 Å². The second-order valence-electron chi connectivity index (χ2n) is 11.5. The van der Waals surface area contributed by atoms with E-state index in [0.29, 0.717) is 11.8 Å². The summed E-state index contributed by atoms with van der Waals surface area (Å²) < 4.78 is 0. The molecule has 0 bridgehead atoms. The average Bonchev–Trinajstić information content (AvgIpc) is 3.05. The molecule has 1 aliphatic carbocycles. The van der Waals surface area contributed by atoms with Crippen LogP contribution in [0.25, 0.3) is 0 Å². The highest BCUT2D eigenvalue weighted by Crippen LogP contribution is 2.61. The van der Waals surface area contributed by atoms with Gasteiger partial charge in [-0.2, -0.15) is 0 Å². The van der Waals surface area contributed by atoms with Gasteiger partial charge < -0.3 is 4.80 Å². The molecule has 1 saturated carbocycles. The molecular weight excluding hydrogens is 420 g/mol. The number of benzene rings is 2. The van der Waals surface area contributed by atoms with Gasteiger partial charge in [-0.05, 0) is 69.8 Å². The SMILES string of the molecule is C[C@@H](/C=C/C=O)[C@@]1(C)CC[C@@H](CCC(C)(C)[Si](O)(c2ccccc2)c2ccccc2)C1(C)C. The van der Waals surface area contributed by atoms with Gasteiger partial charge in [0.15, 0.2) is 0 Å². The third-order valence-electron chi connectivity index (χ3n) is 9.47. The van der Waals surface area contributed by atoms with Crippen LogP contribution in [0.3, 0.4) is 0 Å². The van der Waals surface area contributed by atoms with Gasteiger partial charge in [-0.1, -0.05) is 108 Å². The van der Waals surface area contributed by atoms with Gasteiger partial charge in [0.05, 0.1) is 0 Å². The Morgan fingerprint density at radius 1 is 1.03 bits per heavy atom. The van der Waals surface area contributed by atoms with E-state index in [0.717, 1.165) is 29.5 Å². The first-order valence-electron chi connectivity index (χ1n) is 12.5. The van der Waals surface area contributed by atoms with Crippen LogP contribution in [0.2, 0.25) is 5.04 Å². The van der Waals surface area contributed by atoms with Gasteiger partial charge in [0.2, 0.25) is 0 Å². The molecule has 3 rings (SSSR count). The van der Waals surface area contributed by atoms with Gasteiger partial charge in [-0.25, -0.2) is 0 Å². The quantitative estimate of drug-likeness (QED) is 0.276. The maximum absolute atomic E-state index is 12.5. The molecule has 0 aliphatic heterocycles. The predicted octanol–water partition coefficient (Wildman–Crippen LogP) is 6.13. The molecule has 1 N–H and O–H groups in total. The van der Waals surface area contributed by atoms with Gasteiger partial charge >= 0.3 is 0 Å². The summed E-state index contributed by atoms with van der Waals surface area (Å²) in [5.74, 6) is 0.953. The van der Waals surface area contributed by atoms with E-state index in [4.69, 9.17) is 0 Å². The fraction of sp³-hybridized carbons (Fsp3) is 0.500. The lowest BCUT2D eigenvalue weighted by molar-refractivity contribution is -0.104. The Labute approximate surface area is 202 Å². The van der Waals surface area contributed by atoms with Crippen molar-refractivity contribution >= 4 is 25.0 Å². The molecule has 2 nitrogen and oxygen atoms in total. The number of rotatable bonds is 9. The van der Waals surface area contributed by atoms with Crippen molar-refractivity contribution in [1.82, 2.24) is 0 Å². The largest absolute Gasteiger partial charge is 0.424 e. The summed E-state index contributed by atoms with van der Waals surface area (Å²) in [4.78, 5) is 23.4. The minimum Gasteiger partial charge on any atom is -0.424 e. The fourth-order valence-corrected chi connectivity index (χ4v) is 10.1. The zero-order valence-corrected chi connectivity index (χ0v) is 22.3. The number of hydrogen-bond donors (Lipinski definition) is 1. The van der Waals surface area contributed by atoms with E-state index < -0.39 is 8.32 Å². The summed E-state index contributed by atoms with van der Waals surface area (Å²) in [6.07, 6.45) is 9.10. The molecule has 0 radical (unpaired) electrons. The van der Waals surface area contributed by atoms with E-state index in [1.54, 1.807) is 6.08 Å². The standard InChI is InChI=1S/C30H42O2Si/c1-24(14-13-23-31)30(6)22-20-25(29(30,4)5)19-21-28(2,3)33(32,26-15-9-7-10-16-26)27-17-11-8-12-18-27/h7-18,23-25,32H,19-22H2,1-6H3/b14-13+/t24-,25+,30+/m0/s1. The number of hydrogen-bond acceptors (Lipinski definition) is 2. The van der Waals surface area contributed by atoms with Crippen LogP contribution in [0.5, 0.6) is 0 Å². The van der Waals surface area contributed by atoms with Crippen LogP contribution in [0.15, 0.2) is 72.8 Å². The Kier molecular flexibility index (Phi) is 7.55. The van der Waals surface area contributed by atoms with Gasteiger partial charge in [-0.15, -0.1) is 0 Å². The molecular formula is C30H42O2Si. The van der Waals surface area contributed by atoms with Crippen molar-refractivity contribution in [2.45, 2.75) is 72.3 Å². The van der Waals surface area contributed by atoms with Crippen molar-refractivity contribution in [2.75, 3.05) is 0 Å². The van der Waals surface area contributed by atoms with Crippen molar-refractivity contribution in [2.24, 2.45) is 22.7 Å². The Bertz CT molecular complexity index is 908. The number of aldehydes is 1. The second-order valence-corrected chi connectivity index (χ2v) is 15.5. The highest BCUT2D eigenvalue weighted by atomic mass is 28.4. The lowest BCUT2D eigenvalue weighted by Crippen LogP contribution is -2.65. The Morgan fingerprint density at radius 3 is 2.03 bits per heavy atom. The molecule has 3 heteroatoms. The normalized spacial score (nSPS) is 24.2. The third kappa shape index (κ3) is 4.55. The third-order valence-corrected chi connectivity index (χ3v) is 14.0. The van der Waals surface area contributed by atoms with E-state index in [1.165, 1.54) is 12.8 Å². The molecule has 3 atom stereocenters. The fourth-order valence-electron chi connectivity index (χ4n) is 6.39. The number of carbonyl (C=O) groups excluding carboxylic acids is 1. The zero-order chi connectivity index (χ0) is 24.3. The average molecular weight is 463 g/mol. The summed E-state index contributed by atoms with van der Waals surface area (Å²) in [7, 11) is -2.97. The van der Waals surface area contributed by atoms with Crippen LogP contribution in [-0.4, -0.2) is 19.4 Å². The summed E-state index contributed by atoms with van der Waals surface area (Å²) in [5.41, 5.74) is 0.322. The first kappa shape index (κ1) is 25.6. The highest BCUT2D eigenvalue weighted by Gasteiger charge is 2.55. The van der Waals surface area contributed by atoms with E-state index >= 15 is 0 Å². The molecule has 178 valence electrons. The molecule has 1 aliphatic rings. The van der Waals surface area contributed by atoms with Crippen LogP contribution < -0.4 is 10.4 Å². The van der Waals surface area contributed by atoms with Crippen molar-refractivity contribution in [3.8, 4) is 0 Å². The van der Waals surface area contributed by atoms with Gasteiger partial charge in [0, 0.05) is 0 Å². The maximum Gasteiger partial charge on any atom is 0.258 e. The summed E-state index contributed by atoms with van der Waals surface area (Å²) >= 11 is 0.